The second-order valence-corrected chi connectivity index (χ2v) is 7.47. The second-order valence-electron chi connectivity index (χ2n) is 5.61. The molecule has 5 heteroatoms. The monoisotopic (exact) mass is 360 g/mol. The van der Waals surface area contributed by atoms with Gasteiger partial charge in [0, 0.05) is 26.8 Å². The molecule has 2 heterocycles. The van der Waals surface area contributed by atoms with E-state index in [1.54, 1.807) is 11.3 Å². The second kappa shape index (κ2) is 7.90. The van der Waals surface area contributed by atoms with Crippen LogP contribution in [0.15, 0.2) is 15.9 Å². The highest BCUT2D eigenvalue weighted by molar-refractivity contribution is 9.10. The summed E-state index contributed by atoms with van der Waals surface area (Å²) in [5.74, 6) is 0. The molecule has 1 fully saturated rings. The van der Waals surface area contributed by atoms with E-state index in [1.807, 2.05) is 0 Å². The predicted octanol–water partition coefficient (Wildman–Crippen LogP) is 3.53. The quantitative estimate of drug-likeness (QED) is 0.844. The Hall–Kier alpha value is 0.0600. The summed E-state index contributed by atoms with van der Waals surface area (Å²) in [5.41, 5.74) is 6.43. The van der Waals surface area contributed by atoms with E-state index in [2.05, 4.69) is 39.2 Å². The molecule has 0 spiro atoms. The molecule has 3 unspecified atom stereocenters. The van der Waals surface area contributed by atoms with Gasteiger partial charge in [-0.3, -0.25) is 4.90 Å². The number of nitrogens with zero attached hydrogens (tertiary/aromatic N) is 1. The van der Waals surface area contributed by atoms with Gasteiger partial charge in [0.1, 0.15) is 0 Å². The Morgan fingerprint density at radius 2 is 2.30 bits per heavy atom. The minimum Gasteiger partial charge on any atom is -0.395 e. The third-order valence-corrected chi connectivity index (χ3v) is 6.01. The number of nitrogens with two attached hydrogens (primary N) is 1. The van der Waals surface area contributed by atoms with Crippen LogP contribution in [0.5, 0.6) is 0 Å². The van der Waals surface area contributed by atoms with Crippen molar-refractivity contribution in [3.8, 4) is 0 Å². The van der Waals surface area contributed by atoms with Crippen molar-refractivity contribution in [2.75, 3.05) is 13.2 Å². The maximum atomic E-state index is 9.75. The van der Waals surface area contributed by atoms with E-state index < -0.39 is 0 Å². The molecule has 114 valence electrons. The fraction of sp³-hybridized carbons (Fsp3) is 0.733. The van der Waals surface area contributed by atoms with Crippen molar-refractivity contribution in [3.05, 3.63) is 20.8 Å². The summed E-state index contributed by atoms with van der Waals surface area (Å²) in [6.07, 6.45) is 5.71. The predicted molar refractivity (Wildman–Crippen MR) is 89.1 cm³/mol. The van der Waals surface area contributed by atoms with Crippen molar-refractivity contribution in [2.45, 2.75) is 57.2 Å². The zero-order valence-electron chi connectivity index (χ0n) is 12.1. The van der Waals surface area contributed by atoms with Crippen molar-refractivity contribution < 1.29 is 5.11 Å². The topological polar surface area (TPSA) is 49.5 Å². The summed E-state index contributed by atoms with van der Waals surface area (Å²) in [6, 6.07) is 2.78. The van der Waals surface area contributed by atoms with Crippen LogP contribution in [0.3, 0.4) is 0 Å². The smallest absolute Gasteiger partial charge is 0.0596 e. The Bertz CT molecular complexity index is 412. The molecule has 0 bridgehead atoms. The van der Waals surface area contributed by atoms with E-state index in [-0.39, 0.29) is 24.7 Å². The molecule has 1 aromatic rings. The molecular formula is C15H25BrN2OS. The minimum atomic E-state index is 0.118. The van der Waals surface area contributed by atoms with Crippen molar-refractivity contribution in [1.82, 2.24) is 4.90 Å². The lowest BCUT2D eigenvalue weighted by atomic mass is 10.00. The standard InChI is InChI=1S/C15H25BrN2OS/c1-2-13(17)15(14-8-11(16)10-20-14)18-7-5-3-4-6-12(18)9-19/h8,10,12-13,15,19H,2-7,9,17H2,1H3. The number of hydrogen-bond acceptors (Lipinski definition) is 4. The van der Waals surface area contributed by atoms with Gasteiger partial charge in [0.15, 0.2) is 0 Å². The largest absolute Gasteiger partial charge is 0.395 e. The fourth-order valence-electron chi connectivity index (χ4n) is 3.09. The van der Waals surface area contributed by atoms with Crippen LogP contribution in [0.2, 0.25) is 0 Å². The van der Waals surface area contributed by atoms with E-state index in [9.17, 15) is 5.11 Å². The molecule has 0 aromatic carbocycles. The van der Waals surface area contributed by atoms with Crippen LogP contribution in [-0.2, 0) is 0 Å². The zero-order valence-corrected chi connectivity index (χ0v) is 14.5. The van der Waals surface area contributed by atoms with E-state index in [4.69, 9.17) is 5.73 Å². The summed E-state index contributed by atoms with van der Waals surface area (Å²) in [6.45, 7) is 3.42. The number of rotatable bonds is 5. The van der Waals surface area contributed by atoms with Gasteiger partial charge in [-0.05, 0) is 47.8 Å². The van der Waals surface area contributed by atoms with E-state index >= 15 is 0 Å². The summed E-state index contributed by atoms with van der Waals surface area (Å²) < 4.78 is 1.13. The maximum absolute atomic E-state index is 9.75. The first kappa shape index (κ1) is 16.4. The molecule has 3 N–H and O–H groups in total. The molecule has 1 aromatic heterocycles. The van der Waals surface area contributed by atoms with Gasteiger partial charge < -0.3 is 10.8 Å². The average Bonchev–Trinajstić information content (AvgIpc) is 2.74. The third kappa shape index (κ3) is 3.83. The number of hydrogen-bond donors (Lipinski definition) is 2. The van der Waals surface area contributed by atoms with Gasteiger partial charge in [-0.15, -0.1) is 11.3 Å². The summed E-state index contributed by atoms with van der Waals surface area (Å²) in [7, 11) is 0. The number of likely N-dealkylation sites (tertiary alicyclic amines) is 1. The van der Waals surface area contributed by atoms with E-state index in [0.717, 1.165) is 23.9 Å². The lowest BCUT2D eigenvalue weighted by Gasteiger charge is -2.38. The molecule has 2 rings (SSSR count). The molecule has 20 heavy (non-hydrogen) atoms. The van der Waals surface area contributed by atoms with Crippen LogP contribution in [0, 0.1) is 0 Å². The van der Waals surface area contributed by atoms with Crippen molar-refractivity contribution in [1.29, 1.82) is 0 Å². The number of aliphatic hydroxyl groups is 1. The van der Waals surface area contributed by atoms with Crippen molar-refractivity contribution in [3.63, 3.8) is 0 Å². The molecule has 0 aliphatic carbocycles. The fourth-order valence-corrected chi connectivity index (χ4v) is 4.73. The van der Waals surface area contributed by atoms with E-state index in [1.165, 1.54) is 24.1 Å². The molecular weight excluding hydrogens is 336 g/mol. The van der Waals surface area contributed by atoms with Crippen LogP contribution >= 0.6 is 27.3 Å². The van der Waals surface area contributed by atoms with Gasteiger partial charge in [-0.25, -0.2) is 0 Å². The SMILES string of the molecule is CCC(N)C(c1cc(Br)cs1)N1CCCCCC1CO. The highest BCUT2D eigenvalue weighted by Crippen LogP contribution is 2.35. The van der Waals surface area contributed by atoms with Crippen molar-refractivity contribution >= 4 is 27.3 Å². The van der Waals surface area contributed by atoms with Gasteiger partial charge in [0.05, 0.1) is 12.6 Å². The lowest BCUT2D eigenvalue weighted by molar-refractivity contribution is 0.0729. The van der Waals surface area contributed by atoms with E-state index in [0.29, 0.717) is 0 Å². The summed E-state index contributed by atoms with van der Waals surface area (Å²) in [5, 5.41) is 11.9. The highest BCUT2D eigenvalue weighted by Gasteiger charge is 2.32. The number of halogens is 1. The van der Waals surface area contributed by atoms with Crippen LogP contribution in [0.1, 0.15) is 49.9 Å². The summed E-state index contributed by atoms with van der Waals surface area (Å²) >= 11 is 5.31. The Morgan fingerprint density at radius 3 is 2.90 bits per heavy atom. The summed E-state index contributed by atoms with van der Waals surface area (Å²) in [4.78, 5) is 3.77. The Balaban J connectivity index is 2.28. The zero-order chi connectivity index (χ0) is 14.5. The van der Waals surface area contributed by atoms with Gasteiger partial charge in [0.2, 0.25) is 0 Å². The maximum Gasteiger partial charge on any atom is 0.0596 e. The van der Waals surface area contributed by atoms with Gasteiger partial charge in [-0.1, -0.05) is 19.8 Å². The normalized spacial score (nSPS) is 24.3. The Labute approximate surface area is 134 Å². The molecule has 1 aliphatic rings. The first-order chi connectivity index (χ1) is 9.67. The first-order valence-electron chi connectivity index (χ1n) is 7.53. The molecule has 0 amide bonds. The Kier molecular flexibility index (Phi) is 6.49. The average molecular weight is 361 g/mol. The Morgan fingerprint density at radius 1 is 1.50 bits per heavy atom. The molecule has 3 atom stereocenters. The molecule has 0 saturated carbocycles. The minimum absolute atomic E-state index is 0.118. The van der Waals surface area contributed by atoms with Crippen LogP contribution in [0.25, 0.3) is 0 Å². The van der Waals surface area contributed by atoms with Crippen LogP contribution in [0.4, 0.5) is 0 Å². The molecule has 0 radical (unpaired) electrons. The highest BCUT2D eigenvalue weighted by atomic mass is 79.9. The molecule has 1 aliphatic heterocycles. The van der Waals surface area contributed by atoms with Crippen LogP contribution in [-0.4, -0.2) is 35.2 Å². The number of thiophene rings is 1. The van der Waals surface area contributed by atoms with Gasteiger partial charge in [0.25, 0.3) is 0 Å². The molecule has 1 saturated heterocycles. The van der Waals surface area contributed by atoms with Gasteiger partial charge in [-0.2, -0.15) is 0 Å². The van der Waals surface area contributed by atoms with Gasteiger partial charge >= 0.3 is 0 Å². The third-order valence-electron chi connectivity index (χ3n) is 4.25. The first-order valence-corrected chi connectivity index (χ1v) is 9.20. The molecule has 3 nitrogen and oxygen atoms in total. The van der Waals surface area contributed by atoms with Crippen LogP contribution < -0.4 is 5.73 Å². The van der Waals surface area contributed by atoms with Crippen molar-refractivity contribution in [2.24, 2.45) is 5.73 Å². The lowest BCUT2D eigenvalue weighted by Crippen LogP contribution is -2.47. The number of aliphatic hydroxyl groups excluding tert-OH is 1.